The van der Waals surface area contributed by atoms with E-state index in [4.69, 9.17) is 4.74 Å². The fourth-order valence-corrected chi connectivity index (χ4v) is 5.54. The van der Waals surface area contributed by atoms with Crippen LogP contribution in [0.4, 0.5) is 0 Å². The summed E-state index contributed by atoms with van der Waals surface area (Å²) in [6.45, 7) is 8.30. The van der Waals surface area contributed by atoms with Crippen molar-refractivity contribution in [2.75, 3.05) is 6.61 Å². The zero-order valence-corrected chi connectivity index (χ0v) is 13.0. The average Bonchev–Trinajstić information content (AvgIpc) is 2.36. The SMILES string of the molecule is C=C(C)C(=O)OCCC(C)C12CC3CC(CC(C3)C1)C2. The van der Waals surface area contributed by atoms with Crippen molar-refractivity contribution in [3.05, 3.63) is 12.2 Å². The third-order valence-corrected chi connectivity index (χ3v) is 6.26. The molecular formula is C18H28O2. The topological polar surface area (TPSA) is 26.3 Å². The van der Waals surface area contributed by atoms with Gasteiger partial charge in [-0.15, -0.1) is 0 Å². The van der Waals surface area contributed by atoms with Gasteiger partial charge in [0.05, 0.1) is 6.61 Å². The van der Waals surface area contributed by atoms with Gasteiger partial charge in [-0.2, -0.15) is 0 Å². The van der Waals surface area contributed by atoms with Gasteiger partial charge in [0.15, 0.2) is 0 Å². The molecule has 4 bridgehead atoms. The fraction of sp³-hybridized carbons (Fsp3) is 0.833. The minimum absolute atomic E-state index is 0.234. The van der Waals surface area contributed by atoms with Crippen LogP contribution in [0.2, 0.25) is 0 Å². The smallest absolute Gasteiger partial charge is 0.333 e. The summed E-state index contributed by atoms with van der Waals surface area (Å²) in [5.41, 5.74) is 1.08. The van der Waals surface area contributed by atoms with Gasteiger partial charge in [-0.3, -0.25) is 0 Å². The third-order valence-electron chi connectivity index (χ3n) is 6.26. The monoisotopic (exact) mass is 276 g/mol. The Kier molecular flexibility index (Phi) is 3.68. The van der Waals surface area contributed by atoms with Crippen molar-refractivity contribution in [3.8, 4) is 0 Å². The highest BCUT2D eigenvalue weighted by molar-refractivity contribution is 5.86. The van der Waals surface area contributed by atoms with Crippen LogP contribution in [0, 0.1) is 29.1 Å². The van der Waals surface area contributed by atoms with Crippen molar-refractivity contribution in [1.29, 1.82) is 0 Å². The molecule has 0 aliphatic heterocycles. The van der Waals surface area contributed by atoms with Gasteiger partial charge in [-0.05, 0) is 81.0 Å². The molecule has 0 amide bonds. The Hall–Kier alpha value is -0.790. The van der Waals surface area contributed by atoms with E-state index < -0.39 is 0 Å². The maximum Gasteiger partial charge on any atom is 0.333 e. The molecule has 0 N–H and O–H groups in total. The molecule has 0 spiro atoms. The molecule has 112 valence electrons. The largest absolute Gasteiger partial charge is 0.462 e. The molecule has 0 heterocycles. The highest BCUT2D eigenvalue weighted by atomic mass is 16.5. The first-order valence-electron chi connectivity index (χ1n) is 8.31. The van der Waals surface area contributed by atoms with E-state index in [1.165, 1.54) is 38.5 Å². The molecule has 4 fully saturated rings. The molecule has 4 aliphatic carbocycles. The van der Waals surface area contributed by atoms with Gasteiger partial charge in [0, 0.05) is 5.57 Å². The molecule has 2 nitrogen and oxygen atoms in total. The van der Waals surface area contributed by atoms with Crippen LogP contribution in [-0.2, 0) is 9.53 Å². The van der Waals surface area contributed by atoms with Crippen molar-refractivity contribution >= 4 is 5.97 Å². The van der Waals surface area contributed by atoms with Crippen LogP contribution in [0.5, 0.6) is 0 Å². The number of hydrogen-bond acceptors (Lipinski definition) is 2. The molecule has 1 atom stereocenters. The number of rotatable bonds is 5. The van der Waals surface area contributed by atoms with E-state index in [9.17, 15) is 4.79 Å². The van der Waals surface area contributed by atoms with Crippen LogP contribution in [0.25, 0.3) is 0 Å². The number of hydrogen-bond donors (Lipinski definition) is 0. The summed E-state index contributed by atoms with van der Waals surface area (Å²) < 4.78 is 5.30. The minimum Gasteiger partial charge on any atom is -0.462 e. The van der Waals surface area contributed by atoms with E-state index in [-0.39, 0.29) is 5.97 Å². The van der Waals surface area contributed by atoms with Gasteiger partial charge in [0.25, 0.3) is 0 Å². The lowest BCUT2D eigenvalue weighted by atomic mass is 9.46. The van der Waals surface area contributed by atoms with Crippen molar-refractivity contribution in [2.24, 2.45) is 29.1 Å². The van der Waals surface area contributed by atoms with E-state index in [0.29, 0.717) is 23.5 Å². The van der Waals surface area contributed by atoms with Crippen LogP contribution in [0.1, 0.15) is 58.8 Å². The van der Waals surface area contributed by atoms with E-state index in [1.54, 1.807) is 6.92 Å². The number of esters is 1. The standard InChI is InChI=1S/C18H28O2/c1-12(2)17(19)20-5-4-13(3)18-9-14-6-15(10-18)8-16(7-14)11-18/h13-16H,1,4-11H2,2-3H3. The van der Waals surface area contributed by atoms with Crippen LogP contribution in [-0.4, -0.2) is 12.6 Å². The second kappa shape index (κ2) is 5.20. The van der Waals surface area contributed by atoms with Crippen LogP contribution >= 0.6 is 0 Å². The summed E-state index contributed by atoms with van der Waals surface area (Å²) in [6, 6.07) is 0. The van der Waals surface area contributed by atoms with Gasteiger partial charge in [-0.1, -0.05) is 13.5 Å². The first-order chi connectivity index (χ1) is 9.48. The summed E-state index contributed by atoms with van der Waals surface area (Å²) in [4.78, 5) is 11.5. The fourth-order valence-electron chi connectivity index (χ4n) is 5.54. The first-order valence-corrected chi connectivity index (χ1v) is 8.31. The molecule has 0 saturated heterocycles. The van der Waals surface area contributed by atoms with E-state index >= 15 is 0 Å². The molecular weight excluding hydrogens is 248 g/mol. The van der Waals surface area contributed by atoms with E-state index in [1.807, 2.05) is 0 Å². The zero-order chi connectivity index (χ0) is 14.3. The number of carbonyl (C=O) groups is 1. The lowest BCUT2D eigenvalue weighted by molar-refractivity contribution is -0.140. The summed E-state index contributed by atoms with van der Waals surface area (Å²) in [5, 5.41) is 0. The molecule has 4 rings (SSSR count). The molecule has 0 aromatic rings. The Bertz CT molecular complexity index is 374. The lowest BCUT2D eigenvalue weighted by Gasteiger charge is -2.59. The molecule has 1 unspecified atom stereocenters. The third kappa shape index (κ3) is 2.54. The van der Waals surface area contributed by atoms with Crippen LogP contribution < -0.4 is 0 Å². The molecule has 0 radical (unpaired) electrons. The maximum atomic E-state index is 11.5. The second-order valence-corrected chi connectivity index (χ2v) is 7.89. The Morgan fingerprint density at radius 2 is 1.70 bits per heavy atom. The predicted molar refractivity (Wildman–Crippen MR) is 80.2 cm³/mol. The first kappa shape index (κ1) is 14.2. The normalized spacial score (nSPS) is 39.6. The van der Waals surface area contributed by atoms with Crippen LogP contribution in [0.15, 0.2) is 12.2 Å². The summed E-state index contributed by atoms with van der Waals surface area (Å²) >= 11 is 0. The van der Waals surface area contributed by atoms with Crippen molar-refractivity contribution in [3.63, 3.8) is 0 Å². The van der Waals surface area contributed by atoms with Gasteiger partial charge >= 0.3 is 5.97 Å². The summed E-state index contributed by atoms with van der Waals surface area (Å²) in [7, 11) is 0. The summed E-state index contributed by atoms with van der Waals surface area (Å²) in [5.74, 6) is 3.46. The molecule has 4 aliphatic rings. The number of ether oxygens (including phenoxy) is 1. The molecule has 20 heavy (non-hydrogen) atoms. The maximum absolute atomic E-state index is 11.5. The van der Waals surface area contributed by atoms with Crippen molar-refractivity contribution < 1.29 is 9.53 Å². The number of carbonyl (C=O) groups excluding carboxylic acids is 1. The molecule has 0 aromatic carbocycles. The van der Waals surface area contributed by atoms with Gasteiger partial charge in [-0.25, -0.2) is 4.79 Å². The lowest BCUT2D eigenvalue weighted by Crippen LogP contribution is -2.49. The van der Waals surface area contributed by atoms with Gasteiger partial charge in [0.1, 0.15) is 0 Å². The molecule has 4 saturated carbocycles. The Balaban J connectivity index is 1.56. The Morgan fingerprint density at radius 1 is 1.20 bits per heavy atom. The molecule has 0 aromatic heterocycles. The second-order valence-electron chi connectivity index (χ2n) is 7.89. The van der Waals surface area contributed by atoms with E-state index in [0.717, 1.165) is 24.2 Å². The van der Waals surface area contributed by atoms with Crippen molar-refractivity contribution in [1.82, 2.24) is 0 Å². The zero-order valence-electron chi connectivity index (χ0n) is 13.0. The average molecular weight is 276 g/mol. The quantitative estimate of drug-likeness (QED) is 0.551. The Labute approximate surface area is 123 Å². The molecule has 2 heteroatoms. The highest BCUT2D eigenvalue weighted by Gasteiger charge is 2.52. The van der Waals surface area contributed by atoms with Crippen molar-refractivity contribution in [2.45, 2.75) is 58.8 Å². The minimum atomic E-state index is -0.234. The predicted octanol–water partition coefficient (Wildman–Crippen LogP) is 4.35. The van der Waals surface area contributed by atoms with E-state index in [2.05, 4.69) is 13.5 Å². The van der Waals surface area contributed by atoms with Crippen LogP contribution in [0.3, 0.4) is 0 Å². The Morgan fingerprint density at radius 3 is 2.15 bits per heavy atom. The highest BCUT2D eigenvalue weighted by Crippen LogP contribution is 2.63. The van der Waals surface area contributed by atoms with Gasteiger partial charge in [0.2, 0.25) is 0 Å². The summed E-state index contributed by atoms with van der Waals surface area (Å²) in [6.07, 6.45) is 9.83. The van der Waals surface area contributed by atoms with Gasteiger partial charge < -0.3 is 4.74 Å².